The van der Waals surface area contributed by atoms with Crippen LogP contribution in [0.25, 0.3) is 11.1 Å². The molecule has 0 saturated heterocycles. The number of hydrogen-bond acceptors (Lipinski definition) is 7. The van der Waals surface area contributed by atoms with Crippen LogP contribution in [0.5, 0.6) is 0 Å². The quantitative estimate of drug-likeness (QED) is 0.0564. The van der Waals surface area contributed by atoms with Gasteiger partial charge in [0.15, 0.2) is 5.75 Å². The molecule has 290 valence electrons. The molecule has 0 aliphatic rings. The minimum absolute atomic E-state index is 0.432. The summed E-state index contributed by atoms with van der Waals surface area (Å²) in [7, 11) is 5.83. The van der Waals surface area contributed by atoms with Crippen LogP contribution in [-0.4, -0.2) is 50.1 Å². The van der Waals surface area contributed by atoms with Crippen molar-refractivity contribution in [1.29, 1.82) is 0 Å². The summed E-state index contributed by atoms with van der Waals surface area (Å²) in [6.07, 6.45) is 3.84. The Bertz CT molecular complexity index is 2020. The van der Waals surface area contributed by atoms with Crippen LogP contribution >= 0.6 is 0 Å². The Kier molecular flexibility index (Phi) is 14.9. The molecule has 0 aliphatic carbocycles. The lowest BCUT2D eigenvalue weighted by Crippen LogP contribution is -2.42. The van der Waals surface area contributed by atoms with Crippen molar-refractivity contribution in [1.82, 2.24) is 0 Å². The van der Waals surface area contributed by atoms with Gasteiger partial charge in [0.05, 0.1) is 14.2 Å². The number of benzene rings is 6. The molecule has 6 aromatic rings. The molecule has 0 saturated carbocycles. The van der Waals surface area contributed by atoms with Gasteiger partial charge in [-0.05, 0) is 114 Å². The fourth-order valence-corrected chi connectivity index (χ4v) is 9.54. The minimum Gasteiger partial charge on any atom is -0.377 e. The van der Waals surface area contributed by atoms with Crippen molar-refractivity contribution >= 4 is 54.4 Å². The van der Waals surface area contributed by atoms with Gasteiger partial charge in [-0.3, -0.25) is 0 Å². The Morgan fingerprint density at radius 1 is 0.411 bits per heavy atom. The number of hydrogen-bond donors (Lipinski definition) is 0. The van der Waals surface area contributed by atoms with Crippen LogP contribution in [0, 0.1) is 0 Å². The van der Waals surface area contributed by atoms with Gasteiger partial charge < -0.3 is 23.1 Å². The number of para-hydroxylation sites is 2. The molecule has 0 bridgehead atoms. The summed E-state index contributed by atoms with van der Waals surface area (Å²) in [5, 5.41) is 0. The summed E-state index contributed by atoms with van der Waals surface area (Å²) >= 11 is -0.432. The molecule has 0 atom stereocenters. The third kappa shape index (κ3) is 10.4. The van der Waals surface area contributed by atoms with Crippen molar-refractivity contribution in [2.24, 2.45) is 0 Å². The summed E-state index contributed by atoms with van der Waals surface area (Å²) in [4.78, 5) is 4.61. The van der Waals surface area contributed by atoms with Gasteiger partial charge in [-0.15, -0.1) is 8.37 Å². The zero-order chi connectivity index (χ0) is 39.2. The first-order valence-corrected chi connectivity index (χ1v) is 22.2. The molecule has 0 radical (unpaired) electrons. The van der Waals surface area contributed by atoms with Crippen molar-refractivity contribution in [2.45, 2.75) is 31.7 Å². The molecule has 0 aliphatic heterocycles. The van der Waals surface area contributed by atoms with Crippen LogP contribution in [0.15, 0.2) is 158 Å². The van der Waals surface area contributed by atoms with Gasteiger partial charge in [-0.1, -0.05) is 84.9 Å². The highest BCUT2D eigenvalue weighted by Gasteiger charge is 2.36. The lowest BCUT2D eigenvalue weighted by molar-refractivity contribution is 0.123. The predicted molar refractivity (Wildman–Crippen MR) is 236 cm³/mol. The third-order valence-corrected chi connectivity index (χ3v) is 14.2. The monoisotopic (exact) mass is 785 g/mol. The molecule has 7 nitrogen and oxygen atoms in total. The van der Waals surface area contributed by atoms with Crippen LogP contribution in [-0.2, 0) is 45.9 Å². The van der Waals surface area contributed by atoms with Crippen LogP contribution < -0.4 is 9.80 Å². The number of anilines is 6. The second kappa shape index (κ2) is 20.5. The lowest BCUT2D eigenvalue weighted by atomic mass is 10.0. The Morgan fingerprint density at radius 3 is 1.11 bits per heavy atom. The lowest BCUT2D eigenvalue weighted by Gasteiger charge is -2.26. The van der Waals surface area contributed by atoms with Crippen molar-refractivity contribution < 1.29 is 21.6 Å². The van der Waals surface area contributed by atoms with Gasteiger partial charge in [0.2, 0.25) is 0 Å². The predicted octanol–water partition coefficient (Wildman–Crippen LogP) is 11.8. The van der Waals surface area contributed by atoms with E-state index in [1.54, 1.807) is 35.5 Å². The van der Waals surface area contributed by atoms with Gasteiger partial charge >= 0.3 is 20.3 Å². The first-order valence-electron chi connectivity index (χ1n) is 19.0. The van der Waals surface area contributed by atoms with Crippen molar-refractivity contribution in [3.63, 3.8) is 0 Å². The summed E-state index contributed by atoms with van der Waals surface area (Å²) in [6, 6.07) is 57.2. The van der Waals surface area contributed by atoms with Gasteiger partial charge in [-0.2, -0.15) is 0 Å². The average Bonchev–Trinajstić information content (AvgIpc) is 3.27. The van der Waals surface area contributed by atoms with Crippen molar-refractivity contribution in [3.8, 4) is 11.1 Å². The maximum absolute atomic E-state index is 5.61. The molecule has 0 amide bonds. The van der Waals surface area contributed by atoms with Crippen LogP contribution in [0.2, 0.25) is 6.04 Å². The maximum atomic E-state index is 5.61. The van der Waals surface area contributed by atoms with E-state index < -0.39 is 20.3 Å². The largest absolute Gasteiger partial charge is 0.500 e. The SMILES string of the molecule is CO[S+](CCCc1ccc(N(c2ccccc2)c2ccc(-c3ccc(N(c4ccccc4)c4ccc(CCC[Si](OC)(OC)OC)cc4)cc3)cc2)cc1)OC. The highest BCUT2D eigenvalue weighted by Crippen LogP contribution is 2.38. The summed E-state index contributed by atoms with van der Waals surface area (Å²) in [6.45, 7) is 0. The van der Waals surface area contributed by atoms with E-state index in [9.17, 15) is 0 Å². The summed E-state index contributed by atoms with van der Waals surface area (Å²) in [5.74, 6) is 0.892. The zero-order valence-corrected chi connectivity index (χ0v) is 34.9. The van der Waals surface area contributed by atoms with Gasteiger partial charge in [0.1, 0.15) is 0 Å². The molecule has 0 heterocycles. The van der Waals surface area contributed by atoms with Crippen LogP contribution in [0.4, 0.5) is 34.1 Å². The van der Waals surface area contributed by atoms with Gasteiger partial charge in [0.25, 0.3) is 0 Å². The van der Waals surface area contributed by atoms with E-state index in [0.29, 0.717) is 0 Å². The normalized spacial score (nSPS) is 11.5. The first kappa shape index (κ1) is 40.9. The third-order valence-electron chi connectivity index (χ3n) is 10.0. The molecular weight excluding hydrogens is 733 g/mol. The van der Waals surface area contributed by atoms with E-state index in [1.165, 1.54) is 11.1 Å². The topological polar surface area (TPSA) is 52.6 Å². The Balaban J connectivity index is 1.18. The molecule has 56 heavy (non-hydrogen) atoms. The average molecular weight is 786 g/mol. The second-order valence-corrected chi connectivity index (χ2v) is 18.1. The summed E-state index contributed by atoms with van der Waals surface area (Å²) in [5.41, 5.74) is 11.5. The molecule has 6 rings (SSSR count). The van der Waals surface area contributed by atoms with Gasteiger partial charge in [-0.25, -0.2) is 0 Å². The van der Waals surface area contributed by atoms with Crippen molar-refractivity contribution in [2.75, 3.05) is 51.1 Å². The van der Waals surface area contributed by atoms with E-state index in [-0.39, 0.29) is 0 Å². The highest BCUT2D eigenvalue weighted by atomic mass is 32.2. The fraction of sp³-hybridized carbons (Fsp3) is 0.234. The number of nitrogens with zero attached hydrogens (tertiary/aromatic N) is 2. The molecule has 0 N–H and O–H groups in total. The summed E-state index contributed by atoms with van der Waals surface area (Å²) < 4.78 is 27.6. The van der Waals surface area contributed by atoms with E-state index in [2.05, 4.69) is 168 Å². The first-order chi connectivity index (χ1) is 27.5. The Hall–Kier alpha value is -4.71. The van der Waals surface area contributed by atoms with E-state index in [4.69, 9.17) is 21.6 Å². The molecule has 9 heteroatoms. The Morgan fingerprint density at radius 2 is 0.750 bits per heavy atom. The fourth-order valence-electron chi connectivity index (χ4n) is 6.97. The molecule has 0 aromatic heterocycles. The molecular formula is C47H53N2O5SSi+. The van der Waals surface area contributed by atoms with E-state index >= 15 is 0 Å². The number of aryl methyl sites for hydroxylation is 2. The Labute approximate surface area is 337 Å². The van der Waals surface area contributed by atoms with E-state index in [0.717, 1.165) is 82.7 Å². The van der Waals surface area contributed by atoms with Crippen LogP contribution in [0.3, 0.4) is 0 Å². The second-order valence-electron chi connectivity index (χ2n) is 13.4. The minimum atomic E-state index is -2.58. The molecule has 0 fully saturated rings. The van der Waals surface area contributed by atoms with E-state index in [1.807, 2.05) is 0 Å². The molecule has 0 spiro atoms. The number of rotatable bonds is 20. The van der Waals surface area contributed by atoms with Gasteiger partial charge in [0, 0.05) is 67.9 Å². The molecule has 6 aromatic carbocycles. The van der Waals surface area contributed by atoms with Crippen molar-refractivity contribution in [3.05, 3.63) is 169 Å². The van der Waals surface area contributed by atoms with Crippen LogP contribution in [0.1, 0.15) is 24.0 Å². The molecule has 0 unspecified atom stereocenters. The maximum Gasteiger partial charge on any atom is 0.500 e. The highest BCUT2D eigenvalue weighted by molar-refractivity contribution is 7.87. The smallest absolute Gasteiger partial charge is 0.377 e. The standard InChI is InChI=1S/C47H53N2O5SSi/c1-50-55(51-2)36-12-14-38-20-28-44(29-21-38)48(42-16-8-6-9-17-42)46-32-24-40(25-33-46)41-26-34-47(35-27-41)49(43-18-10-7-11-19-43)45-30-22-39(23-31-45)15-13-37-56(52-3,53-4)54-5/h6-11,16-35H,12-15,36-37H2,1-5H3/q+1. The zero-order valence-electron chi connectivity index (χ0n) is 33.1.